The van der Waals surface area contributed by atoms with Crippen LogP contribution < -0.4 is 0 Å². The molecule has 2 atom stereocenters. The van der Waals surface area contributed by atoms with E-state index in [2.05, 4.69) is 0 Å². The SMILES string of the molecule is CC(CC1CCCN1C(=O)OC(C)(C)C)[N+](=O)[O-]. The van der Waals surface area contributed by atoms with E-state index < -0.39 is 11.6 Å². The fraction of sp³-hybridized carbons (Fsp3) is 0.917. The number of amides is 1. The molecule has 0 aromatic heterocycles. The molecule has 1 aliphatic rings. The van der Waals surface area contributed by atoms with Gasteiger partial charge >= 0.3 is 6.09 Å². The summed E-state index contributed by atoms with van der Waals surface area (Å²) in [4.78, 5) is 23.9. The van der Waals surface area contributed by atoms with Gasteiger partial charge < -0.3 is 9.64 Å². The lowest BCUT2D eigenvalue weighted by Gasteiger charge is -2.28. The number of hydrogen-bond acceptors (Lipinski definition) is 4. The normalized spacial score (nSPS) is 21.8. The molecular formula is C12H22N2O4. The number of rotatable bonds is 3. The van der Waals surface area contributed by atoms with Gasteiger partial charge in [-0.25, -0.2) is 4.79 Å². The summed E-state index contributed by atoms with van der Waals surface area (Å²) < 4.78 is 5.31. The Bertz CT molecular complexity index is 325. The van der Waals surface area contributed by atoms with Crippen LogP contribution in [0, 0.1) is 10.1 Å². The van der Waals surface area contributed by atoms with E-state index >= 15 is 0 Å². The fourth-order valence-corrected chi connectivity index (χ4v) is 2.12. The highest BCUT2D eigenvalue weighted by Crippen LogP contribution is 2.24. The Hall–Kier alpha value is -1.33. The van der Waals surface area contributed by atoms with E-state index in [0.717, 1.165) is 12.8 Å². The first-order chi connectivity index (χ1) is 8.20. The summed E-state index contributed by atoms with van der Waals surface area (Å²) in [6.45, 7) is 7.65. The summed E-state index contributed by atoms with van der Waals surface area (Å²) in [5.74, 6) is 0. The van der Waals surface area contributed by atoms with Crippen molar-refractivity contribution in [3.05, 3.63) is 10.1 Å². The summed E-state index contributed by atoms with van der Waals surface area (Å²) >= 11 is 0. The van der Waals surface area contributed by atoms with Crippen LogP contribution in [0.5, 0.6) is 0 Å². The Morgan fingerprint density at radius 1 is 1.56 bits per heavy atom. The van der Waals surface area contributed by atoms with Crippen LogP contribution in [-0.4, -0.2) is 40.1 Å². The van der Waals surface area contributed by atoms with Crippen molar-refractivity contribution in [1.82, 2.24) is 4.90 Å². The highest BCUT2D eigenvalue weighted by Gasteiger charge is 2.34. The van der Waals surface area contributed by atoms with E-state index in [1.54, 1.807) is 11.8 Å². The zero-order chi connectivity index (χ0) is 13.9. The van der Waals surface area contributed by atoms with Gasteiger partial charge in [0.2, 0.25) is 6.04 Å². The molecule has 0 saturated carbocycles. The number of carbonyl (C=O) groups is 1. The molecule has 1 aliphatic heterocycles. The molecular weight excluding hydrogens is 236 g/mol. The monoisotopic (exact) mass is 258 g/mol. The van der Waals surface area contributed by atoms with E-state index in [4.69, 9.17) is 4.74 Å². The lowest BCUT2D eigenvalue weighted by Crippen LogP contribution is -2.41. The second-order valence-electron chi connectivity index (χ2n) is 5.84. The lowest BCUT2D eigenvalue weighted by molar-refractivity contribution is -0.519. The molecule has 1 saturated heterocycles. The number of ether oxygens (including phenoxy) is 1. The standard InChI is InChI=1S/C12H22N2O4/c1-9(14(16)17)8-10-6-5-7-13(10)11(15)18-12(2,3)4/h9-10H,5-8H2,1-4H3. The summed E-state index contributed by atoms with van der Waals surface area (Å²) in [6, 6.07) is -0.696. The van der Waals surface area contributed by atoms with Crippen LogP contribution in [0.1, 0.15) is 47.0 Å². The van der Waals surface area contributed by atoms with Crippen molar-refractivity contribution in [1.29, 1.82) is 0 Å². The molecule has 0 aliphatic carbocycles. The third-order valence-electron chi connectivity index (χ3n) is 2.98. The van der Waals surface area contributed by atoms with Gasteiger partial charge in [0.25, 0.3) is 0 Å². The van der Waals surface area contributed by atoms with Crippen LogP contribution in [0.15, 0.2) is 0 Å². The molecule has 0 radical (unpaired) electrons. The van der Waals surface area contributed by atoms with Crippen LogP contribution >= 0.6 is 0 Å². The molecule has 1 fully saturated rings. The Morgan fingerprint density at radius 3 is 2.67 bits per heavy atom. The number of hydrogen-bond donors (Lipinski definition) is 0. The topological polar surface area (TPSA) is 72.7 Å². The van der Waals surface area contributed by atoms with Crippen LogP contribution in [0.4, 0.5) is 4.79 Å². The molecule has 0 aromatic rings. The maximum Gasteiger partial charge on any atom is 0.410 e. The van der Waals surface area contributed by atoms with Gasteiger partial charge in [-0.15, -0.1) is 0 Å². The van der Waals surface area contributed by atoms with Gasteiger partial charge in [0, 0.05) is 30.9 Å². The van der Waals surface area contributed by atoms with Crippen molar-refractivity contribution in [3.8, 4) is 0 Å². The number of nitro groups is 1. The van der Waals surface area contributed by atoms with E-state index in [0.29, 0.717) is 13.0 Å². The van der Waals surface area contributed by atoms with Crippen molar-refractivity contribution in [2.24, 2.45) is 0 Å². The van der Waals surface area contributed by atoms with Crippen molar-refractivity contribution in [2.45, 2.75) is 64.6 Å². The van der Waals surface area contributed by atoms with Crippen molar-refractivity contribution in [3.63, 3.8) is 0 Å². The van der Waals surface area contributed by atoms with Gasteiger partial charge in [0.05, 0.1) is 0 Å². The second kappa shape index (κ2) is 5.54. The predicted molar refractivity (Wildman–Crippen MR) is 67.0 cm³/mol. The molecule has 6 heteroatoms. The van der Waals surface area contributed by atoms with Crippen molar-refractivity contribution >= 4 is 6.09 Å². The van der Waals surface area contributed by atoms with Crippen LogP contribution in [0.2, 0.25) is 0 Å². The summed E-state index contributed by atoms with van der Waals surface area (Å²) in [5.41, 5.74) is -0.529. The van der Waals surface area contributed by atoms with E-state index in [9.17, 15) is 14.9 Å². The summed E-state index contributed by atoms with van der Waals surface area (Å²) in [5, 5.41) is 10.7. The third kappa shape index (κ3) is 4.16. The first kappa shape index (κ1) is 14.7. The van der Waals surface area contributed by atoms with Gasteiger partial charge in [0.15, 0.2) is 0 Å². The van der Waals surface area contributed by atoms with Crippen molar-refractivity contribution in [2.75, 3.05) is 6.54 Å². The minimum atomic E-state index is -0.627. The molecule has 0 spiro atoms. The van der Waals surface area contributed by atoms with E-state index in [1.807, 2.05) is 20.8 Å². The van der Waals surface area contributed by atoms with Crippen LogP contribution in [0.25, 0.3) is 0 Å². The van der Waals surface area contributed by atoms with Gasteiger partial charge in [-0.3, -0.25) is 10.1 Å². The van der Waals surface area contributed by atoms with Gasteiger partial charge in [-0.05, 0) is 33.6 Å². The van der Waals surface area contributed by atoms with Crippen LogP contribution in [-0.2, 0) is 4.74 Å². The smallest absolute Gasteiger partial charge is 0.410 e. The molecule has 104 valence electrons. The number of nitrogens with zero attached hydrogens (tertiary/aromatic N) is 2. The molecule has 1 amide bonds. The maximum absolute atomic E-state index is 12.0. The highest BCUT2D eigenvalue weighted by molar-refractivity contribution is 5.68. The quantitative estimate of drug-likeness (QED) is 0.575. The molecule has 0 N–H and O–H groups in total. The molecule has 1 rings (SSSR count). The van der Waals surface area contributed by atoms with Gasteiger partial charge in [-0.1, -0.05) is 0 Å². The molecule has 0 aromatic carbocycles. The Labute approximate surface area is 107 Å². The van der Waals surface area contributed by atoms with E-state index in [1.165, 1.54) is 0 Å². The average Bonchev–Trinajstić information content (AvgIpc) is 2.62. The first-order valence-corrected chi connectivity index (χ1v) is 6.34. The second-order valence-corrected chi connectivity index (χ2v) is 5.84. The third-order valence-corrected chi connectivity index (χ3v) is 2.98. The molecule has 1 heterocycles. The fourth-order valence-electron chi connectivity index (χ4n) is 2.12. The van der Waals surface area contributed by atoms with Crippen LogP contribution in [0.3, 0.4) is 0 Å². The van der Waals surface area contributed by atoms with Crippen molar-refractivity contribution < 1.29 is 14.5 Å². The summed E-state index contributed by atoms with van der Waals surface area (Å²) in [7, 11) is 0. The Balaban J connectivity index is 2.59. The molecule has 18 heavy (non-hydrogen) atoms. The molecule has 6 nitrogen and oxygen atoms in total. The summed E-state index contributed by atoms with van der Waals surface area (Å²) in [6.07, 6.45) is 1.73. The zero-order valence-electron chi connectivity index (χ0n) is 11.5. The molecule has 0 bridgehead atoms. The van der Waals surface area contributed by atoms with Gasteiger partial charge in [-0.2, -0.15) is 0 Å². The Morgan fingerprint density at radius 2 is 2.17 bits per heavy atom. The first-order valence-electron chi connectivity index (χ1n) is 6.34. The maximum atomic E-state index is 12.0. The minimum absolute atomic E-state index is 0.0692. The number of likely N-dealkylation sites (tertiary alicyclic amines) is 1. The average molecular weight is 258 g/mol. The van der Waals surface area contributed by atoms with E-state index in [-0.39, 0.29) is 17.1 Å². The lowest BCUT2D eigenvalue weighted by atomic mass is 10.1. The molecule has 2 unspecified atom stereocenters. The number of carbonyl (C=O) groups excluding carboxylic acids is 1. The highest BCUT2D eigenvalue weighted by atomic mass is 16.6. The Kier molecular flexibility index (Phi) is 4.53. The largest absolute Gasteiger partial charge is 0.444 e. The van der Waals surface area contributed by atoms with Gasteiger partial charge in [0.1, 0.15) is 5.60 Å². The minimum Gasteiger partial charge on any atom is -0.444 e. The zero-order valence-corrected chi connectivity index (χ0v) is 11.5. The predicted octanol–water partition coefficient (Wildman–Crippen LogP) is 2.44.